The van der Waals surface area contributed by atoms with Crippen molar-refractivity contribution in [3.05, 3.63) is 35.4 Å². The summed E-state index contributed by atoms with van der Waals surface area (Å²) in [4.78, 5) is 0. The fraction of sp³-hybridized carbons (Fsp3) is 0.667. The van der Waals surface area contributed by atoms with Gasteiger partial charge in [-0.1, -0.05) is 56.9 Å². The second-order valence-corrected chi connectivity index (χ2v) is 6.03. The van der Waals surface area contributed by atoms with Crippen molar-refractivity contribution in [3.63, 3.8) is 0 Å². The first kappa shape index (κ1) is 15.5. The molecule has 1 aliphatic carbocycles. The van der Waals surface area contributed by atoms with Crippen LogP contribution in [-0.4, -0.2) is 18.3 Å². The van der Waals surface area contributed by atoms with Crippen molar-refractivity contribution in [2.75, 3.05) is 7.11 Å². The molecule has 2 rings (SSSR count). The molecule has 1 aliphatic rings. The van der Waals surface area contributed by atoms with Gasteiger partial charge in [0.25, 0.3) is 0 Å². The molecule has 2 atom stereocenters. The molecule has 0 heterocycles. The van der Waals surface area contributed by atoms with E-state index in [4.69, 9.17) is 4.74 Å². The number of aliphatic hydroxyl groups is 1. The average Bonchev–Trinajstić information content (AvgIpc) is 2.50. The van der Waals surface area contributed by atoms with Gasteiger partial charge in [0.2, 0.25) is 0 Å². The summed E-state index contributed by atoms with van der Waals surface area (Å²) < 4.78 is 5.63. The lowest BCUT2D eigenvalue weighted by molar-refractivity contribution is -0.0559. The highest BCUT2D eigenvalue weighted by molar-refractivity contribution is 5.25. The summed E-state index contributed by atoms with van der Waals surface area (Å²) >= 11 is 0. The zero-order chi connectivity index (χ0) is 14.4. The van der Waals surface area contributed by atoms with E-state index in [-0.39, 0.29) is 6.10 Å². The van der Waals surface area contributed by atoms with Gasteiger partial charge in [-0.05, 0) is 36.3 Å². The first-order chi connectivity index (χ1) is 9.76. The highest BCUT2D eigenvalue weighted by Gasteiger charge is 2.30. The van der Waals surface area contributed by atoms with Gasteiger partial charge in [-0.2, -0.15) is 0 Å². The Balaban J connectivity index is 2.04. The van der Waals surface area contributed by atoms with Crippen molar-refractivity contribution in [2.24, 2.45) is 5.92 Å². The van der Waals surface area contributed by atoms with Gasteiger partial charge in [-0.25, -0.2) is 0 Å². The molecule has 2 unspecified atom stereocenters. The van der Waals surface area contributed by atoms with Crippen LogP contribution in [0.4, 0.5) is 0 Å². The Kier molecular flexibility index (Phi) is 6.06. The Morgan fingerprint density at radius 3 is 2.35 bits per heavy atom. The maximum absolute atomic E-state index is 10.6. The first-order valence-corrected chi connectivity index (χ1v) is 8.06. The smallest absolute Gasteiger partial charge is 0.105 e. The van der Waals surface area contributed by atoms with Crippen molar-refractivity contribution in [1.82, 2.24) is 0 Å². The topological polar surface area (TPSA) is 29.5 Å². The molecule has 0 spiro atoms. The van der Waals surface area contributed by atoms with Crippen molar-refractivity contribution in [1.29, 1.82) is 0 Å². The second-order valence-electron chi connectivity index (χ2n) is 6.03. The number of ether oxygens (including phenoxy) is 1. The van der Waals surface area contributed by atoms with Gasteiger partial charge < -0.3 is 9.84 Å². The van der Waals surface area contributed by atoms with Crippen molar-refractivity contribution in [2.45, 2.75) is 64.1 Å². The summed E-state index contributed by atoms with van der Waals surface area (Å²) in [6, 6.07) is 8.39. The van der Waals surface area contributed by atoms with E-state index in [0.29, 0.717) is 5.92 Å². The predicted octanol–water partition coefficient (Wildman–Crippen LogP) is 4.27. The van der Waals surface area contributed by atoms with Crippen LogP contribution in [0.3, 0.4) is 0 Å². The quantitative estimate of drug-likeness (QED) is 0.841. The molecule has 0 amide bonds. The Hall–Kier alpha value is -0.860. The van der Waals surface area contributed by atoms with E-state index >= 15 is 0 Å². The van der Waals surface area contributed by atoms with Gasteiger partial charge in [0.05, 0.1) is 6.10 Å². The maximum Gasteiger partial charge on any atom is 0.105 e. The Labute approximate surface area is 123 Å². The van der Waals surface area contributed by atoms with Gasteiger partial charge >= 0.3 is 0 Å². The molecule has 2 nitrogen and oxygen atoms in total. The van der Waals surface area contributed by atoms with Crippen molar-refractivity contribution >= 4 is 0 Å². The third-order valence-electron chi connectivity index (χ3n) is 4.56. The van der Waals surface area contributed by atoms with Crippen LogP contribution in [0.1, 0.15) is 62.7 Å². The second kappa shape index (κ2) is 7.80. The normalized spacial score (nSPS) is 19.8. The summed E-state index contributed by atoms with van der Waals surface area (Å²) in [5.74, 6) is 0.499. The van der Waals surface area contributed by atoms with Crippen LogP contribution in [0.2, 0.25) is 0 Å². The third-order valence-corrected chi connectivity index (χ3v) is 4.56. The van der Waals surface area contributed by atoms with Crippen LogP contribution in [0.5, 0.6) is 0 Å². The molecule has 1 N–H and O–H groups in total. The number of aliphatic hydroxyl groups excluding tert-OH is 1. The lowest BCUT2D eigenvalue weighted by atomic mass is 9.82. The Morgan fingerprint density at radius 1 is 1.15 bits per heavy atom. The summed E-state index contributed by atoms with van der Waals surface area (Å²) in [6.45, 7) is 2.19. The molecule has 0 aromatic heterocycles. The zero-order valence-corrected chi connectivity index (χ0v) is 12.8. The number of hydrogen-bond donors (Lipinski definition) is 1. The molecule has 112 valence electrons. The van der Waals surface area contributed by atoms with Crippen molar-refractivity contribution < 1.29 is 9.84 Å². The van der Waals surface area contributed by atoms with Gasteiger partial charge in [0.15, 0.2) is 0 Å². The lowest BCUT2D eigenvalue weighted by Gasteiger charge is -2.32. The molecule has 0 saturated heterocycles. The summed E-state index contributed by atoms with van der Waals surface area (Å²) in [5.41, 5.74) is 2.33. The van der Waals surface area contributed by atoms with E-state index in [1.54, 1.807) is 7.11 Å². The monoisotopic (exact) mass is 276 g/mol. The number of benzene rings is 1. The maximum atomic E-state index is 10.6. The van der Waals surface area contributed by atoms with E-state index in [2.05, 4.69) is 31.2 Å². The van der Waals surface area contributed by atoms with Crippen LogP contribution in [0.15, 0.2) is 24.3 Å². The van der Waals surface area contributed by atoms with E-state index in [1.165, 1.54) is 37.7 Å². The minimum absolute atomic E-state index is 0.0627. The number of hydrogen-bond acceptors (Lipinski definition) is 2. The Morgan fingerprint density at radius 2 is 1.80 bits per heavy atom. The largest absolute Gasteiger partial charge is 0.386 e. The molecule has 2 heteroatoms. The number of rotatable bonds is 6. The molecular formula is C18H28O2. The predicted molar refractivity (Wildman–Crippen MR) is 82.8 cm³/mol. The summed E-state index contributed by atoms with van der Waals surface area (Å²) in [6.07, 6.45) is 7.93. The fourth-order valence-corrected chi connectivity index (χ4v) is 3.40. The minimum atomic E-state index is -0.501. The van der Waals surface area contributed by atoms with Crippen molar-refractivity contribution in [3.8, 4) is 0 Å². The van der Waals surface area contributed by atoms with Crippen LogP contribution in [-0.2, 0) is 11.2 Å². The van der Waals surface area contributed by atoms with Gasteiger partial charge in [0.1, 0.15) is 6.10 Å². The Bertz CT molecular complexity index is 379. The van der Waals surface area contributed by atoms with Crippen LogP contribution >= 0.6 is 0 Å². The molecule has 1 aromatic carbocycles. The molecule has 1 aromatic rings. The highest BCUT2D eigenvalue weighted by atomic mass is 16.5. The van der Waals surface area contributed by atoms with Gasteiger partial charge in [-0.3, -0.25) is 0 Å². The molecule has 20 heavy (non-hydrogen) atoms. The molecule has 0 aliphatic heterocycles. The molecule has 0 radical (unpaired) electrons. The molecule has 1 fully saturated rings. The lowest BCUT2D eigenvalue weighted by Crippen LogP contribution is -2.31. The van der Waals surface area contributed by atoms with Crippen LogP contribution in [0, 0.1) is 5.92 Å². The summed E-state index contributed by atoms with van der Waals surface area (Å²) in [7, 11) is 1.73. The first-order valence-electron chi connectivity index (χ1n) is 8.06. The van der Waals surface area contributed by atoms with Crippen LogP contribution in [0.25, 0.3) is 0 Å². The fourth-order valence-electron chi connectivity index (χ4n) is 3.40. The summed E-state index contributed by atoms with van der Waals surface area (Å²) in [5, 5.41) is 10.6. The van der Waals surface area contributed by atoms with E-state index in [9.17, 15) is 5.11 Å². The van der Waals surface area contributed by atoms with Gasteiger partial charge in [-0.15, -0.1) is 0 Å². The van der Waals surface area contributed by atoms with E-state index in [1.807, 2.05) is 0 Å². The molecular weight excluding hydrogens is 248 g/mol. The minimum Gasteiger partial charge on any atom is -0.386 e. The van der Waals surface area contributed by atoms with E-state index < -0.39 is 6.10 Å². The number of methoxy groups -OCH3 is 1. The molecule has 1 saturated carbocycles. The van der Waals surface area contributed by atoms with E-state index in [0.717, 1.165) is 18.4 Å². The molecule has 0 bridgehead atoms. The third kappa shape index (κ3) is 3.83. The standard InChI is InChI=1S/C18H28O2/c1-3-7-14-10-12-15(13-11-14)17(19)18(20-2)16-8-5-4-6-9-16/h10-13,16-19H,3-9H2,1-2H3. The number of aryl methyl sites for hydroxylation is 1. The highest BCUT2D eigenvalue weighted by Crippen LogP contribution is 2.34. The zero-order valence-electron chi connectivity index (χ0n) is 12.8. The van der Waals surface area contributed by atoms with Gasteiger partial charge in [0, 0.05) is 7.11 Å². The average molecular weight is 276 g/mol. The SMILES string of the molecule is CCCc1ccc(C(O)C(OC)C2CCCCC2)cc1. The van der Waals surface area contributed by atoms with Crippen LogP contribution < -0.4 is 0 Å².